The lowest BCUT2D eigenvalue weighted by atomic mass is 9.89. The largest absolute Gasteiger partial charge is 0.309 e. The summed E-state index contributed by atoms with van der Waals surface area (Å²) in [6.07, 6.45) is 0. The van der Waals surface area contributed by atoms with Gasteiger partial charge in [0.1, 0.15) is 0 Å². The molecule has 0 atom stereocenters. The Morgan fingerprint density at radius 1 is 0.314 bits per heavy atom. The maximum atomic E-state index is 2.45. The van der Waals surface area contributed by atoms with E-state index in [1.165, 1.54) is 93.9 Å². The molecule has 0 bridgehead atoms. The zero-order valence-corrected chi connectivity index (χ0v) is 27.9. The Balaban J connectivity index is 1.11. The predicted octanol–water partition coefficient (Wildman–Crippen LogP) is 12.7. The molecule has 0 radical (unpaired) electrons. The van der Waals surface area contributed by atoms with Gasteiger partial charge >= 0.3 is 0 Å². The van der Waals surface area contributed by atoms with Crippen molar-refractivity contribution >= 4 is 43.6 Å². The second-order valence-electron chi connectivity index (χ2n) is 13.7. The summed E-state index contributed by atoms with van der Waals surface area (Å²) in [4.78, 5) is 0. The second-order valence-corrected chi connectivity index (χ2v) is 13.7. The van der Waals surface area contributed by atoms with E-state index in [2.05, 4.69) is 197 Å². The van der Waals surface area contributed by atoms with Gasteiger partial charge in [0.2, 0.25) is 0 Å². The first-order valence-corrected chi connectivity index (χ1v) is 17.7. The van der Waals surface area contributed by atoms with Crippen LogP contribution in [0.3, 0.4) is 0 Å². The SMILES string of the molecule is c1ccc(-n2c3ccccc3c3cc(-c4ccc5c(c4)c4ccc(C6c7ccccc7-c7ccccc76)cc4n5-c4ccccc4)ccc32)cc1. The van der Waals surface area contributed by atoms with E-state index in [0.29, 0.717) is 0 Å². The van der Waals surface area contributed by atoms with Gasteiger partial charge in [-0.1, -0.05) is 127 Å². The van der Waals surface area contributed by atoms with Crippen molar-refractivity contribution in [2.75, 3.05) is 0 Å². The summed E-state index contributed by atoms with van der Waals surface area (Å²) in [5, 5.41) is 5.06. The number of hydrogen-bond donors (Lipinski definition) is 0. The molecule has 0 spiro atoms. The Bertz CT molecular complexity index is 2920. The van der Waals surface area contributed by atoms with Crippen molar-refractivity contribution in [1.29, 1.82) is 0 Å². The molecule has 2 nitrogen and oxygen atoms in total. The predicted molar refractivity (Wildman–Crippen MR) is 213 cm³/mol. The minimum Gasteiger partial charge on any atom is -0.309 e. The van der Waals surface area contributed by atoms with Crippen LogP contribution >= 0.6 is 0 Å². The van der Waals surface area contributed by atoms with Gasteiger partial charge in [-0.05, 0) is 99.6 Å². The Kier molecular flexibility index (Phi) is 6.05. The molecule has 2 heteroatoms. The number of fused-ring (bicyclic) bond motifs is 9. The number of para-hydroxylation sites is 3. The number of benzene rings is 8. The molecule has 2 heterocycles. The van der Waals surface area contributed by atoms with Crippen molar-refractivity contribution in [1.82, 2.24) is 9.13 Å². The Hall–Kier alpha value is -6.64. The van der Waals surface area contributed by atoms with Crippen LogP contribution < -0.4 is 0 Å². The van der Waals surface area contributed by atoms with E-state index in [1.807, 2.05) is 0 Å². The molecule has 11 rings (SSSR count). The summed E-state index contributed by atoms with van der Waals surface area (Å²) in [7, 11) is 0. The van der Waals surface area contributed by atoms with Gasteiger partial charge in [0, 0.05) is 38.8 Å². The molecule has 0 saturated carbocycles. The molecule has 238 valence electrons. The highest BCUT2D eigenvalue weighted by Gasteiger charge is 2.30. The first-order valence-electron chi connectivity index (χ1n) is 17.7. The quantitative estimate of drug-likeness (QED) is 0.180. The van der Waals surface area contributed by atoms with E-state index in [4.69, 9.17) is 0 Å². The van der Waals surface area contributed by atoms with Gasteiger partial charge in [0.15, 0.2) is 0 Å². The van der Waals surface area contributed by atoms with Gasteiger partial charge in [-0.25, -0.2) is 0 Å². The highest BCUT2D eigenvalue weighted by atomic mass is 15.0. The minimum absolute atomic E-state index is 0.198. The maximum Gasteiger partial charge on any atom is 0.0544 e. The third kappa shape index (κ3) is 4.17. The summed E-state index contributed by atoms with van der Waals surface area (Å²) in [5.41, 5.74) is 16.4. The van der Waals surface area contributed by atoms with Crippen LogP contribution in [0.15, 0.2) is 188 Å². The molecule has 0 amide bonds. The van der Waals surface area contributed by atoms with Crippen LogP contribution in [0.25, 0.3) is 77.2 Å². The fraction of sp³-hybridized carbons (Fsp3) is 0.0204. The van der Waals surface area contributed by atoms with Gasteiger partial charge in [-0.15, -0.1) is 0 Å². The standard InChI is InChI=1S/C49H32N2/c1-3-13-35(14-4-1)50-45-22-12-11-19-39(45)43-29-32(24-27-46(43)50)33-25-28-47-44(30-33)40-26-23-34(31-48(40)51(47)36-15-5-2-6-16-36)49-41-20-9-7-17-37(41)38-18-8-10-21-42(38)49/h1-31,49H. The fourth-order valence-corrected chi connectivity index (χ4v) is 8.77. The van der Waals surface area contributed by atoms with Crippen LogP contribution in [-0.4, -0.2) is 9.13 Å². The summed E-state index contributed by atoms with van der Waals surface area (Å²) in [6.45, 7) is 0. The normalized spacial score (nSPS) is 12.6. The molecular weight excluding hydrogens is 617 g/mol. The number of rotatable bonds is 4. The molecule has 8 aromatic carbocycles. The first kappa shape index (κ1) is 28.2. The molecule has 0 saturated heterocycles. The third-order valence-corrected chi connectivity index (χ3v) is 11.0. The Labute approximate surface area is 296 Å². The minimum atomic E-state index is 0.198. The average molecular weight is 649 g/mol. The molecule has 1 aliphatic rings. The highest BCUT2D eigenvalue weighted by Crippen LogP contribution is 2.49. The lowest BCUT2D eigenvalue weighted by Gasteiger charge is -2.15. The molecule has 0 aliphatic heterocycles. The van der Waals surface area contributed by atoms with Crippen LogP contribution in [0.5, 0.6) is 0 Å². The van der Waals surface area contributed by atoms with Crippen molar-refractivity contribution in [3.63, 3.8) is 0 Å². The zero-order chi connectivity index (χ0) is 33.5. The molecule has 0 N–H and O–H groups in total. The summed E-state index contributed by atoms with van der Waals surface area (Å²) < 4.78 is 4.82. The summed E-state index contributed by atoms with van der Waals surface area (Å²) in [6, 6.07) is 69.1. The van der Waals surface area contributed by atoms with E-state index >= 15 is 0 Å². The van der Waals surface area contributed by atoms with Gasteiger partial charge in [0.25, 0.3) is 0 Å². The van der Waals surface area contributed by atoms with Gasteiger partial charge in [-0.3, -0.25) is 0 Å². The van der Waals surface area contributed by atoms with Gasteiger partial charge < -0.3 is 9.13 Å². The van der Waals surface area contributed by atoms with Crippen LogP contribution in [0.4, 0.5) is 0 Å². The Morgan fingerprint density at radius 3 is 1.39 bits per heavy atom. The van der Waals surface area contributed by atoms with Gasteiger partial charge in [-0.2, -0.15) is 0 Å². The van der Waals surface area contributed by atoms with E-state index in [1.54, 1.807) is 0 Å². The molecule has 0 unspecified atom stereocenters. The average Bonchev–Trinajstić information content (AvgIpc) is 3.83. The van der Waals surface area contributed by atoms with Crippen molar-refractivity contribution < 1.29 is 0 Å². The summed E-state index contributed by atoms with van der Waals surface area (Å²) in [5.74, 6) is 0.198. The monoisotopic (exact) mass is 648 g/mol. The lowest BCUT2D eigenvalue weighted by molar-refractivity contribution is 1.02. The van der Waals surface area contributed by atoms with Crippen molar-refractivity contribution in [3.05, 3.63) is 205 Å². The van der Waals surface area contributed by atoms with Crippen molar-refractivity contribution in [2.45, 2.75) is 5.92 Å². The molecule has 1 aliphatic carbocycles. The van der Waals surface area contributed by atoms with E-state index < -0.39 is 0 Å². The molecule has 2 aromatic heterocycles. The van der Waals surface area contributed by atoms with Crippen molar-refractivity contribution in [3.8, 4) is 33.6 Å². The Morgan fingerprint density at radius 2 is 0.784 bits per heavy atom. The molecule has 10 aromatic rings. The zero-order valence-electron chi connectivity index (χ0n) is 27.9. The lowest BCUT2D eigenvalue weighted by Crippen LogP contribution is -2.00. The van der Waals surface area contributed by atoms with Crippen LogP contribution in [0, 0.1) is 0 Å². The number of nitrogens with zero attached hydrogens (tertiary/aromatic N) is 2. The number of aromatic nitrogens is 2. The van der Waals surface area contributed by atoms with E-state index in [-0.39, 0.29) is 5.92 Å². The number of hydrogen-bond acceptors (Lipinski definition) is 0. The third-order valence-electron chi connectivity index (χ3n) is 11.0. The van der Waals surface area contributed by atoms with E-state index in [9.17, 15) is 0 Å². The first-order chi connectivity index (χ1) is 25.3. The second kappa shape index (κ2) is 10.9. The smallest absolute Gasteiger partial charge is 0.0544 e. The van der Waals surface area contributed by atoms with E-state index in [0.717, 1.165) is 0 Å². The van der Waals surface area contributed by atoms with Crippen LogP contribution in [-0.2, 0) is 0 Å². The maximum absolute atomic E-state index is 2.45. The van der Waals surface area contributed by atoms with Crippen LogP contribution in [0.1, 0.15) is 22.6 Å². The fourth-order valence-electron chi connectivity index (χ4n) is 8.77. The molecule has 0 fully saturated rings. The van der Waals surface area contributed by atoms with Crippen LogP contribution in [0.2, 0.25) is 0 Å². The molecular formula is C49H32N2. The summed E-state index contributed by atoms with van der Waals surface area (Å²) >= 11 is 0. The topological polar surface area (TPSA) is 9.86 Å². The highest BCUT2D eigenvalue weighted by molar-refractivity contribution is 6.13. The van der Waals surface area contributed by atoms with Crippen molar-refractivity contribution in [2.24, 2.45) is 0 Å². The van der Waals surface area contributed by atoms with Gasteiger partial charge in [0.05, 0.1) is 22.1 Å². The molecule has 51 heavy (non-hydrogen) atoms.